The second-order valence-electron chi connectivity index (χ2n) is 3.96. The molecule has 1 aromatic rings. The van der Waals surface area contributed by atoms with E-state index in [9.17, 15) is 35.2 Å². The molecule has 0 aliphatic heterocycles. The van der Waals surface area contributed by atoms with E-state index in [-0.39, 0.29) is 18.7 Å². The van der Waals surface area contributed by atoms with Crippen LogP contribution in [0.25, 0.3) is 0 Å². The second kappa shape index (κ2) is 6.66. The fourth-order valence-electron chi connectivity index (χ4n) is 1.48. The largest absolute Gasteiger partial charge is 0.534 e. The molecule has 0 aromatic heterocycles. The van der Waals surface area contributed by atoms with Gasteiger partial charge in [0.15, 0.2) is 6.10 Å². The summed E-state index contributed by atoms with van der Waals surface area (Å²) in [5.41, 5.74) is -6.90. The van der Waals surface area contributed by atoms with Gasteiger partial charge in [0, 0.05) is 18.7 Å². The van der Waals surface area contributed by atoms with E-state index in [2.05, 4.69) is 8.92 Å². The van der Waals surface area contributed by atoms with E-state index >= 15 is 0 Å². The maximum atomic E-state index is 13.8. The minimum absolute atomic E-state index is 0.108. The Bertz CT molecular complexity index is 676. The number of aliphatic carboxylic acids is 1. The summed E-state index contributed by atoms with van der Waals surface area (Å²) in [6, 6.07) is 0.216. The van der Waals surface area contributed by atoms with Gasteiger partial charge in [-0.25, -0.2) is 13.6 Å². The maximum Gasteiger partial charge on any atom is 0.534 e. The molecule has 0 fully saturated rings. The van der Waals surface area contributed by atoms with Crippen molar-refractivity contribution >= 4 is 16.1 Å². The first-order valence-corrected chi connectivity index (χ1v) is 7.15. The van der Waals surface area contributed by atoms with Gasteiger partial charge in [-0.3, -0.25) is 0 Å². The number of hydrogen-bond donors (Lipinski definition) is 1. The van der Waals surface area contributed by atoms with Gasteiger partial charge in [0.1, 0.15) is 17.4 Å². The summed E-state index contributed by atoms with van der Waals surface area (Å²) < 4.78 is 93.7. The Labute approximate surface area is 126 Å². The Kier molecular flexibility index (Phi) is 5.53. The Balaban J connectivity index is 3.28. The highest BCUT2D eigenvalue weighted by atomic mass is 32.2. The lowest BCUT2D eigenvalue weighted by Gasteiger charge is -2.16. The van der Waals surface area contributed by atoms with Crippen molar-refractivity contribution in [2.24, 2.45) is 0 Å². The molecule has 1 unspecified atom stereocenters. The molecule has 1 aromatic carbocycles. The minimum atomic E-state index is -6.12. The van der Waals surface area contributed by atoms with Crippen LogP contribution in [0.15, 0.2) is 12.1 Å². The Hall–Kier alpha value is -1.95. The summed E-state index contributed by atoms with van der Waals surface area (Å²) in [5.74, 6) is -6.33. The van der Waals surface area contributed by atoms with Crippen LogP contribution in [0.5, 0.6) is 5.75 Å². The van der Waals surface area contributed by atoms with Crippen molar-refractivity contribution in [2.45, 2.75) is 18.5 Å². The van der Waals surface area contributed by atoms with Gasteiger partial charge in [0.05, 0.1) is 5.56 Å². The van der Waals surface area contributed by atoms with Crippen LogP contribution in [0, 0.1) is 11.6 Å². The number of halogens is 5. The SMILES string of the molecule is CCOC(C(=O)O)c1c(F)cc(OS(=O)(=O)C(F)(F)F)cc1F. The van der Waals surface area contributed by atoms with Crippen LogP contribution in [0.2, 0.25) is 0 Å². The molecule has 0 heterocycles. The van der Waals surface area contributed by atoms with Crippen molar-refractivity contribution in [1.82, 2.24) is 0 Å². The van der Waals surface area contributed by atoms with E-state index < -0.39 is 50.6 Å². The maximum absolute atomic E-state index is 13.8. The third kappa shape index (κ3) is 4.28. The number of rotatable bonds is 6. The van der Waals surface area contributed by atoms with E-state index in [1.807, 2.05) is 0 Å². The number of alkyl halides is 3. The Morgan fingerprint density at radius 1 is 1.26 bits per heavy atom. The van der Waals surface area contributed by atoms with Gasteiger partial charge in [-0.2, -0.15) is 21.6 Å². The van der Waals surface area contributed by atoms with E-state index in [1.54, 1.807) is 0 Å². The molecule has 0 radical (unpaired) electrons. The number of carbonyl (C=O) groups is 1. The molecule has 23 heavy (non-hydrogen) atoms. The molecule has 1 rings (SSSR count). The second-order valence-corrected chi connectivity index (χ2v) is 5.50. The molecule has 0 bridgehead atoms. The number of carboxylic acids is 1. The Morgan fingerprint density at radius 3 is 2.09 bits per heavy atom. The van der Waals surface area contributed by atoms with Gasteiger partial charge in [-0.1, -0.05) is 0 Å². The first kappa shape index (κ1) is 19.1. The summed E-state index contributed by atoms with van der Waals surface area (Å²) in [6.45, 7) is 1.12. The van der Waals surface area contributed by atoms with Crippen LogP contribution in [0.1, 0.15) is 18.6 Å². The molecule has 0 spiro atoms. The van der Waals surface area contributed by atoms with Crippen molar-refractivity contribution in [3.05, 3.63) is 29.3 Å². The molecular weight excluding hydrogens is 355 g/mol. The molecule has 0 aliphatic carbocycles. The normalized spacial score (nSPS) is 13.7. The molecule has 130 valence electrons. The van der Waals surface area contributed by atoms with Crippen LogP contribution in [-0.2, 0) is 19.6 Å². The number of carboxylic acid groups (broad SMARTS) is 1. The van der Waals surface area contributed by atoms with Gasteiger partial charge < -0.3 is 14.0 Å². The average Bonchev–Trinajstić information content (AvgIpc) is 2.34. The zero-order valence-corrected chi connectivity index (χ0v) is 12.0. The number of ether oxygens (including phenoxy) is 1. The first-order valence-electron chi connectivity index (χ1n) is 5.74. The highest BCUT2D eigenvalue weighted by Crippen LogP contribution is 2.31. The molecule has 0 saturated heterocycles. The van der Waals surface area contributed by atoms with Crippen molar-refractivity contribution in [3.8, 4) is 5.75 Å². The summed E-state index contributed by atoms with van der Waals surface area (Å²) in [7, 11) is -6.12. The summed E-state index contributed by atoms with van der Waals surface area (Å²) in [5, 5.41) is 8.83. The van der Waals surface area contributed by atoms with Crippen LogP contribution >= 0.6 is 0 Å². The quantitative estimate of drug-likeness (QED) is 0.474. The van der Waals surface area contributed by atoms with Crippen LogP contribution in [0.4, 0.5) is 22.0 Å². The van der Waals surface area contributed by atoms with Gasteiger partial charge in [-0.15, -0.1) is 0 Å². The van der Waals surface area contributed by atoms with Crippen LogP contribution in [0.3, 0.4) is 0 Å². The average molecular weight is 364 g/mol. The molecular formula is C11H9F5O6S. The van der Waals surface area contributed by atoms with Gasteiger partial charge >= 0.3 is 21.6 Å². The predicted octanol–water partition coefficient (Wildman–Crippen LogP) is 2.36. The van der Waals surface area contributed by atoms with Gasteiger partial charge in [-0.05, 0) is 6.92 Å². The zero-order valence-electron chi connectivity index (χ0n) is 11.2. The van der Waals surface area contributed by atoms with E-state index in [0.29, 0.717) is 0 Å². The third-order valence-corrected chi connectivity index (χ3v) is 3.34. The van der Waals surface area contributed by atoms with Crippen molar-refractivity contribution in [2.75, 3.05) is 6.61 Å². The number of hydrogen-bond acceptors (Lipinski definition) is 5. The highest BCUT2D eigenvalue weighted by Gasteiger charge is 2.48. The van der Waals surface area contributed by atoms with Crippen molar-refractivity contribution in [3.63, 3.8) is 0 Å². The lowest BCUT2D eigenvalue weighted by atomic mass is 10.1. The van der Waals surface area contributed by atoms with Gasteiger partial charge in [0.2, 0.25) is 0 Å². The topological polar surface area (TPSA) is 89.9 Å². The van der Waals surface area contributed by atoms with Crippen LogP contribution in [-0.4, -0.2) is 31.6 Å². The molecule has 6 nitrogen and oxygen atoms in total. The predicted molar refractivity (Wildman–Crippen MR) is 64.0 cm³/mol. The van der Waals surface area contributed by atoms with E-state index in [4.69, 9.17) is 5.11 Å². The lowest BCUT2D eigenvalue weighted by molar-refractivity contribution is -0.151. The summed E-state index contributed by atoms with van der Waals surface area (Å²) in [4.78, 5) is 10.9. The molecule has 12 heteroatoms. The fourth-order valence-corrected chi connectivity index (χ4v) is 1.92. The number of benzene rings is 1. The monoisotopic (exact) mass is 364 g/mol. The molecule has 1 atom stereocenters. The Morgan fingerprint density at radius 2 is 1.74 bits per heavy atom. The van der Waals surface area contributed by atoms with E-state index in [1.165, 1.54) is 6.92 Å². The first-order chi connectivity index (χ1) is 10.4. The molecule has 0 amide bonds. The zero-order chi connectivity index (χ0) is 18.0. The molecule has 0 aliphatic rings. The molecule has 0 saturated carbocycles. The fraction of sp³-hybridized carbons (Fsp3) is 0.364. The standard InChI is InChI=1S/C11H9F5O6S/c1-2-21-9(10(17)18)8-6(12)3-5(4-7(8)13)22-23(19,20)11(14,15)16/h3-4,9H,2H2,1H3,(H,17,18). The van der Waals surface area contributed by atoms with Crippen LogP contribution < -0.4 is 4.18 Å². The molecule has 1 N–H and O–H groups in total. The van der Waals surface area contributed by atoms with Gasteiger partial charge in [0.25, 0.3) is 0 Å². The smallest absolute Gasteiger partial charge is 0.479 e. The lowest BCUT2D eigenvalue weighted by Crippen LogP contribution is -2.28. The summed E-state index contributed by atoms with van der Waals surface area (Å²) in [6.07, 6.45) is -2.06. The third-order valence-electron chi connectivity index (χ3n) is 2.36. The summed E-state index contributed by atoms with van der Waals surface area (Å²) >= 11 is 0. The highest BCUT2D eigenvalue weighted by molar-refractivity contribution is 7.88. The minimum Gasteiger partial charge on any atom is -0.479 e. The van der Waals surface area contributed by atoms with Crippen molar-refractivity contribution in [1.29, 1.82) is 0 Å². The van der Waals surface area contributed by atoms with E-state index in [0.717, 1.165) is 0 Å². The van der Waals surface area contributed by atoms with Crippen molar-refractivity contribution < 1.29 is 49.2 Å².